The molecule has 81 valence electrons. The van der Waals surface area contributed by atoms with Crippen molar-refractivity contribution < 1.29 is 17.8 Å². The molecule has 0 bridgehead atoms. The molecule has 0 spiro atoms. The average Bonchev–Trinajstić information content (AvgIpc) is 2.01. The van der Waals surface area contributed by atoms with Crippen LogP contribution in [0.2, 0.25) is 0 Å². The number of ketones is 1. The van der Waals surface area contributed by atoms with E-state index in [0.717, 1.165) is 0 Å². The Morgan fingerprint density at radius 3 is 2.36 bits per heavy atom. The summed E-state index contributed by atoms with van der Waals surface area (Å²) in [4.78, 5) is 11.0. The quantitative estimate of drug-likeness (QED) is 0.541. The molecule has 1 N–H and O–H groups in total. The summed E-state index contributed by atoms with van der Waals surface area (Å²) < 4.78 is 29.6. The molecule has 0 aliphatic carbocycles. The lowest BCUT2D eigenvalue weighted by Crippen LogP contribution is -2.17. The van der Waals surface area contributed by atoms with Crippen LogP contribution < -0.4 is 0 Å². The Kier molecular flexibility index (Phi) is 5.01. The van der Waals surface area contributed by atoms with Crippen LogP contribution in [-0.2, 0) is 14.9 Å². The van der Waals surface area contributed by atoms with Crippen molar-refractivity contribution in [2.75, 3.05) is 0 Å². The normalized spacial score (nSPS) is 13.6. The number of hydrogen-bond acceptors (Lipinski definition) is 3. The van der Waals surface area contributed by atoms with Crippen molar-refractivity contribution in [3.05, 3.63) is 19.1 Å². The van der Waals surface area contributed by atoms with E-state index >= 15 is 0 Å². The summed E-state index contributed by atoms with van der Waals surface area (Å²) in [7, 11) is -4.07. The number of rotatable bonds is 6. The molecule has 5 heteroatoms. The third kappa shape index (κ3) is 5.14. The molecular weight excluding hydrogens is 204 g/mol. The van der Waals surface area contributed by atoms with E-state index in [-0.39, 0.29) is 18.6 Å². The van der Waals surface area contributed by atoms with Crippen molar-refractivity contribution in [1.82, 2.24) is 0 Å². The fourth-order valence-electron chi connectivity index (χ4n) is 0.853. The second-order valence-electron chi connectivity index (χ2n) is 3.23. The third-order valence-corrected chi connectivity index (χ3v) is 2.91. The Balaban J connectivity index is 3.87. The Labute approximate surface area is 84.8 Å². The molecule has 0 saturated heterocycles. The Morgan fingerprint density at radius 2 is 2.00 bits per heavy atom. The van der Waals surface area contributed by atoms with Gasteiger partial charge < -0.3 is 0 Å². The van der Waals surface area contributed by atoms with Gasteiger partial charge in [0.15, 0.2) is 5.78 Å². The van der Waals surface area contributed by atoms with Crippen LogP contribution in [0.5, 0.6) is 0 Å². The van der Waals surface area contributed by atoms with Crippen molar-refractivity contribution in [2.24, 2.45) is 0 Å². The smallest absolute Gasteiger partial charge is 0.267 e. The molecule has 0 aromatic rings. The fourth-order valence-corrected chi connectivity index (χ4v) is 1.32. The molecule has 0 rings (SSSR count). The van der Waals surface area contributed by atoms with Gasteiger partial charge in [-0.1, -0.05) is 6.58 Å². The molecule has 0 fully saturated rings. The molecule has 4 nitrogen and oxygen atoms in total. The van der Waals surface area contributed by atoms with Gasteiger partial charge in [0.05, 0.1) is 5.25 Å². The molecule has 0 saturated carbocycles. The van der Waals surface area contributed by atoms with Gasteiger partial charge in [0, 0.05) is 6.42 Å². The maximum atomic E-state index is 11.0. The Morgan fingerprint density at radius 1 is 1.50 bits per heavy atom. The minimum Gasteiger partial charge on any atom is -0.295 e. The topological polar surface area (TPSA) is 71.4 Å². The van der Waals surface area contributed by atoms with Gasteiger partial charge in [-0.25, -0.2) is 0 Å². The lowest BCUT2D eigenvalue weighted by molar-refractivity contribution is -0.115. The molecule has 1 atom stereocenters. The highest BCUT2D eigenvalue weighted by Gasteiger charge is 2.17. The fraction of sp³-hybridized carbons (Fsp3) is 0.556. The van der Waals surface area contributed by atoms with Gasteiger partial charge in [0.1, 0.15) is 0 Å². The second-order valence-corrected chi connectivity index (χ2v) is 4.93. The minimum absolute atomic E-state index is 0.0902. The molecule has 14 heavy (non-hydrogen) atoms. The standard InChI is InChI=1S/C9H15O4S/c1-7(2)9(10)6-4-5-8(3)14(11,12)13/h8H,1,3-6H2,2H3,(H,11,12,13). The monoisotopic (exact) mass is 219 g/mol. The van der Waals surface area contributed by atoms with Crippen LogP contribution in [0, 0.1) is 6.92 Å². The number of carbonyl (C=O) groups excluding carboxylic acids is 1. The molecule has 1 unspecified atom stereocenters. The summed E-state index contributed by atoms with van der Waals surface area (Å²) in [6.07, 6.45) is 0.814. The second kappa shape index (κ2) is 5.26. The largest absolute Gasteiger partial charge is 0.295 e. The van der Waals surface area contributed by atoms with E-state index in [1.54, 1.807) is 6.92 Å². The van der Waals surface area contributed by atoms with Crippen LogP contribution in [0.15, 0.2) is 12.2 Å². The minimum atomic E-state index is -4.07. The van der Waals surface area contributed by atoms with E-state index in [2.05, 4.69) is 13.5 Å². The van der Waals surface area contributed by atoms with Gasteiger partial charge in [-0.05, 0) is 32.3 Å². The average molecular weight is 219 g/mol. The number of Topliss-reactive ketones (excluding diaryl/α,β-unsaturated/α-hetero) is 1. The highest BCUT2D eigenvalue weighted by molar-refractivity contribution is 7.86. The first-order valence-corrected chi connectivity index (χ1v) is 5.73. The highest BCUT2D eigenvalue weighted by atomic mass is 32.2. The summed E-state index contributed by atoms with van der Waals surface area (Å²) in [5.74, 6) is -0.0902. The molecule has 0 amide bonds. The zero-order valence-corrected chi connectivity index (χ0v) is 9.01. The highest BCUT2D eigenvalue weighted by Crippen LogP contribution is 2.09. The van der Waals surface area contributed by atoms with E-state index in [4.69, 9.17) is 4.55 Å². The summed E-state index contributed by atoms with van der Waals surface area (Å²) in [6.45, 7) is 8.35. The summed E-state index contributed by atoms with van der Waals surface area (Å²) >= 11 is 0. The molecule has 0 aromatic heterocycles. The third-order valence-electron chi connectivity index (χ3n) is 1.83. The lowest BCUT2D eigenvalue weighted by atomic mass is 10.1. The first-order valence-electron chi connectivity index (χ1n) is 4.23. The first-order chi connectivity index (χ1) is 6.25. The molecule has 0 aliphatic rings. The lowest BCUT2D eigenvalue weighted by Gasteiger charge is -2.06. The predicted octanol–water partition coefficient (Wildman–Crippen LogP) is 1.39. The van der Waals surface area contributed by atoms with Crippen LogP contribution in [-0.4, -0.2) is 24.0 Å². The van der Waals surface area contributed by atoms with Crippen molar-refractivity contribution >= 4 is 15.9 Å². The Bertz CT molecular complexity index is 316. The molecule has 0 aromatic carbocycles. The van der Waals surface area contributed by atoms with E-state index in [1.807, 2.05) is 0 Å². The number of allylic oxidation sites excluding steroid dienone is 1. The van der Waals surface area contributed by atoms with Crippen molar-refractivity contribution in [3.63, 3.8) is 0 Å². The summed E-state index contributed by atoms with van der Waals surface area (Å²) in [5, 5.41) is -1.06. The van der Waals surface area contributed by atoms with Crippen LogP contribution in [0.3, 0.4) is 0 Å². The van der Waals surface area contributed by atoms with E-state index in [1.165, 1.54) is 0 Å². The SMILES string of the molecule is [CH2]C(CCCC(=O)C(=C)C)S(=O)(=O)O. The first kappa shape index (κ1) is 13.3. The van der Waals surface area contributed by atoms with Gasteiger partial charge in [-0.15, -0.1) is 0 Å². The molecular formula is C9H15O4S. The van der Waals surface area contributed by atoms with Crippen LogP contribution in [0.1, 0.15) is 26.2 Å². The maximum Gasteiger partial charge on any atom is 0.267 e. The van der Waals surface area contributed by atoms with Crippen LogP contribution >= 0.6 is 0 Å². The maximum absolute atomic E-state index is 11.0. The predicted molar refractivity (Wildman–Crippen MR) is 54.4 cm³/mol. The van der Waals surface area contributed by atoms with E-state index in [9.17, 15) is 13.2 Å². The van der Waals surface area contributed by atoms with E-state index < -0.39 is 15.4 Å². The summed E-state index contributed by atoms with van der Waals surface area (Å²) in [6, 6.07) is 0. The van der Waals surface area contributed by atoms with Gasteiger partial charge in [0.2, 0.25) is 0 Å². The van der Waals surface area contributed by atoms with Crippen molar-refractivity contribution in [2.45, 2.75) is 31.4 Å². The molecule has 0 heterocycles. The number of hydrogen-bond donors (Lipinski definition) is 1. The molecule has 0 aliphatic heterocycles. The van der Waals surface area contributed by atoms with Gasteiger partial charge in [-0.2, -0.15) is 8.42 Å². The summed E-state index contributed by atoms with van der Waals surface area (Å²) in [5.41, 5.74) is 0.456. The van der Waals surface area contributed by atoms with Crippen molar-refractivity contribution in [1.29, 1.82) is 0 Å². The van der Waals surface area contributed by atoms with E-state index in [0.29, 0.717) is 12.0 Å². The Hall–Kier alpha value is -0.680. The zero-order valence-electron chi connectivity index (χ0n) is 8.19. The van der Waals surface area contributed by atoms with Gasteiger partial charge in [0.25, 0.3) is 10.1 Å². The zero-order chi connectivity index (χ0) is 11.4. The number of carbonyl (C=O) groups is 1. The van der Waals surface area contributed by atoms with Crippen molar-refractivity contribution in [3.8, 4) is 0 Å². The van der Waals surface area contributed by atoms with Crippen LogP contribution in [0.4, 0.5) is 0 Å². The molecule has 1 radical (unpaired) electrons. The van der Waals surface area contributed by atoms with Crippen LogP contribution in [0.25, 0.3) is 0 Å². The van der Waals surface area contributed by atoms with Gasteiger partial charge >= 0.3 is 0 Å². The van der Waals surface area contributed by atoms with Gasteiger partial charge in [-0.3, -0.25) is 9.35 Å².